The first-order valence-electron chi connectivity index (χ1n) is 3.50. The molecule has 0 aliphatic heterocycles. The van der Waals surface area contributed by atoms with Gasteiger partial charge < -0.3 is 4.74 Å². The number of ether oxygens (including phenoxy) is 1. The molecule has 58 valence electrons. The van der Waals surface area contributed by atoms with Gasteiger partial charge in [0.15, 0.2) is 0 Å². The summed E-state index contributed by atoms with van der Waals surface area (Å²) in [6, 6.07) is 9.65. The van der Waals surface area contributed by atoms with Gasteiger partial charge in [0.2, 0.25) is 0 Å². The highest BCUT2D eigenvalue weighted by molar-refractivity contribution is 7.79. The van der Waals surface area contributed by atoms with E-state index >= 15 is 0 Å². The van der Waals surface area contributed by atoms with E-state index in [1.807, 2.05) is 37.3 Å². The zero-order chi connectivity index (χ0) is 8.10. The summed E-state index contributed by atoms with van der Waals surface area (Å²) in [5, 5.41) is 1.60. The van der Waals surface area contributed by atoms with Crippen LogP contribution in [0.5, 0.6) is 5.75 Å². The van der Waals surface area contributed by atoms with E-state index in [9.17, 15) is 0 Å². The van der Waals surface area contributed by atoms with Crippen molar-refractivity contribution in [1.29, 1.82) is 0 Å². The molecule has 0 aromatic heterocycles. The molecule has 1 rings (SSSR count). The lowest BCUT2D eigenvalue weighted by Gasteiger charge is -2.08. The smallest absolute Gasteiger partial charge is 0.124 e. The van der Waals surface area contributed by atoms with Crippen LogP contribution in [0.25, 0.3) is 0 Å². The van der Waals surface area contributed by atoms with Crippen molar-refractivity contribution in [2.75, 3.05) is 0 Å². The highest BCUT2D eigenvalue weighted by Gasteiger charge is 1.96. The molecule has 1 atom stereocenters. The van der Waals surface area contributed by atoms with Crippen molar-refractivity contribution in [1.82, 2.24) is 0 Å². The Balaban J connectivity index is 2.57. The summed E-state index contributed by atoms with van der Waals surface area (Å²) in [6.07, 6.45) is 0.00685. The van der Waals surface area contributed by atoms with Gasteiger partial charge in [-0.2, -0.15) is 0 Å². The van der Waals surface area contributed by atoms with Crippen LogP contribution in [0.3, 0.4) is 0 Å². The normalized spacial score (nSPS) is 12.1. The van der Waals surface area contributed by atoms with E-state index in [1.54, 1.807) is 5.37 Å². The molecule has 0 aliphatic rings. The Bertz CT molecular complexity index is 220. The minimum absolute atomic E-state index is 0.00685. The van der Waals surface area contributed by atoms with Gasteiger partial charge in [-0.05, 0) is 19.1 Å². The summed E-state index contributed by atoms with van der Waals surface area (Å²) in [6.45, 7) is 1.92. The third-order valence-corrected chi connectivity index (χ3v) is 1.64. The van der Waals surface area contributed by atoms with Crippen molar-refractivity contribution >= 4 is 17.6 Å². The molecule has 1 nitrogen and oxygen atoms in total. The third-order valence-electron chi connectivity index (χ3n) is 1.26. The monoisotopic (exact) mass is 166 g/mol. The van der Waals surface area contributed by atoms with Crippen LogP contribution in [-0.2, 0) is 0 Å². The minimum atomic E-state index is 0.00685. The third kappa shape index (κ3) is 2.68. The van der Waals surface area contributed by atoms with Gasteiger partial charge in [0.05, 0.1) is 0 Å². The van der Waals surface area contributed by atoms with E-state index in [-0.39, 0.29) is 6.10 Å². The maximum Gasteiger partial charge on any atom is 0.124 e. The van der Waals surface area contributed by atoms with Crippen LogP contribution in [-0.4, -0.2) is 11.5 Å². The van der Waals surface area contributed by atoms with Crippen LogP contribution >= 0.6 is 12.2 Å². The number of hydrogen-bond donors (Lipinski definition) is 0. The van der Waals surface area contributed by atoms with Crippen molar-refractivity contribution in [3.05, 3.63) is 30.3 Å². The van der Waals surface area contributed by atoms with Crippen molar-refractivity contribution in [3.8, 4) is 5.75 Å². The fraction of sp³-hybridized carbons (Fsp3) is 0.222. The Kier molecular flexibility index (Phi) is 3.05. The average Bonchev–Trinajstić information content (AvgIpc) is 2.06. The molecule has 1 aromatic carbocycles. The highest BCUT2D eigenvalue weighted by Crippen LogP contribution is 2.09. The molecule has 0 amide bonds. The first-order chi connectivity index (χ1) is 5.33. The van der Waals surface area contributed by atoms with E-state index in [4.69, 9.17) is 17.0 Å². The Morgan fingerprint density at radius 3 is 2.55 bits per heavy atom. The Hall–Kier alpha value is -0.890. The maximum absolute atomic E-state index is 5.40. The van der Waals surface area contributed by atoms with E-state index in [2.05, 4.69) is 0 Å². The molecule has 0 heterocycles. The van der Waals surface area contributed by atoms with Crippen LogP contribution in [0.4, 0.5) is 0 Å². The molecule has 0 fully saturated rings. The summed E-state index contributed by atoms with van der Waals surface area (Å²) >= 11 is 4.72. The van der Waals surface area contributed by atoms with Crippen LogP contribution in [0.2, 0.25) is 0 Å². The minimum Gasteiger partial charge on any atom is -0.486 e. The second-order valence-electron chi connectivity index (χ2n) is 2.27. The van der Waals surface area contributed by atoms with Crippen LogP contribution < -0.4 is 4.74 Å². The summed E-state index contributed by atoms with van der Waals surface area (Å²) in [5.41, 5.74) is 0. The van der Waals surface area contributed by atoms with Crippen LogP contribution in [0.15, 0.2) is 30.3 Å². The van der Waals surface area contributed by atoms with E-state index < -0.39 is 0 Å². The van der Waals surface area contributed by atoms with Gasteiger partial charge in [0.25, 0.3) is 0 Å². The maximum atomic E-state index is 5.40. The van der Waals surface area contributed by atoms with Gasteiger partial charge in [0.1, 0.15) is 11.9 Å². The zero-order valence-corrected chi connectivity index (χ0v) is 7.17. The molecular weight excluding hydrogens is 156 g/mol. The number of benzene rings is 1. The summed E-state index contributed by atoms with van der Waals surface area (Å²) in [7, 11) is 0. The van der Waals surface area contributed by atoms with Gasteiger partial charge in [-0.1, -0.05) is 30.4 Å². The van der Waals surface area contributed by atoms with Crippen LogP contribution in [0.1, 0.15) is 6.92 Å². The second kappa shape index (κ2) is 4.09. The molecule has 0 bridgehead atoms. The van der Waals surface area contributed by atoms with Gasteiger partial charge in [0, 0.05) is 5.37 Å². The second-order valence-corrected chi connectivity index (χ2v) is 2.54. The van der Waals surface area contributed by atoms with Crippen LogP contribution in [0, 0.1) is 0 Å². The molecule has 0 saturated carbocycles. The average molecular weight is 166 g/mol. The fourth-order valence-corrected chi connectivity index (χ4v) is 0.797. The zero-order valence-electron chi connectivity index (χ0n) is 6.36. The number of para-hydroxylation sites is 1. The number of rotatable bonds is 3. The SMILES string of the molecule is CC(C=S)Oc1ccccc1. The number of thiocarbonyl (C=S) groups is 1. The van der Waals surface area contributed by atoms with Gasteiger partial charge in [-0.15, -0.1) is 0 Å². The van der Waals surface area contributed by atoms with E-state index in [1.165, 1.54) is 0 Å². The molecule has 1 aromatic rings. The van der Waals surface area contributed by atoms with E-state index in [0.717, 1.165) is 5.75 Å². The van der Waals surface area contributed by atoms with Crippen molar-refractivity contribution < 1.29 is 4.74 Å². The highest BCUT2D eigenvalue weighted by atomic mass is 32.1. The summed E-state index contributed by atoms with van der Waals surface area (Å²) < 4.78 is 5.40. The molecule has 2 heteroatoms. The molecule has 0 saturated heterocycles. The fourth-order valence-electron chi connectivity index (χ4n) is 0.741. The van der Waals surface area contributed by atoms with Crippen molar-refractivity contribution in [2.24, 2.45) is 0 Å². The molecular formula is C9H10OS. The standard InChI is InChI=1S/C9H10OS/c1-8(7-11)10-9-5-3-2-4-6-9/h2-8H,1H3. The molecule has 1 unspecified atom stereocenters. The number of hydrogen-bond acceptors (Lipinski definition) is 2. The Morgan fingerprint density at radius 1 is 1.36 bits per heavy atom. The molecule has 0 aliphatic carbocycles. The first kappa shape index (κ1) is 8.21. The van der Waals surface area contributed by atoms with Gasteiger partial charge >= 0.3 is 0 Å². The molecule has 0 radical (unpaired) electrons. The lowest BCUT2D eigenvalue weighted by Crippen LogP contribution is -2.11. The molecule has 0 spiro atoms. The quantitative estimate of drug-likeness (QED) is 0.638. The largest absolute Gasteiger partial charge is 0.486 e. The van der Waals surface area contributed by atoms with Gasteiger partial charge in [-0.25, -0.2) is 0 Å². The molecule has 0 N–H and O–H groups in total. The van der Waals surface area contributed by atoms with Crippen molar-refractivity contribution in [2.45, 2.75) is 13.0 Å². The summed E-state index contributed by atoms with van der Waals surface area (Å²) in [4.78, 5) is 0. The molecule has 11 heavy (non-hydrogen) atoms. The Labute approximate surface area is 72.0 Å². The summed E-state index contributed by atoms with van der Waals surface area (Å²) in [5.74, 6) is 0.862. The first-order valence-corrected chi connectivity index (χ1v) is 3.97. The predicted octanol–water partition coefficient (Wildman–Crippen LogP) is 2.45. The van der Waals surface area contributed by atoms with Gasteiger partial charge in [-0.3, -0.25) is 0 Å². The lowest BCUT2D eigenvalue weighted by molar-refractivity contribution is 0.294. The van der Waals surface area contributed by atoms with Crippen molar-refractivity contribution in [3.63, 3.8) is 0 Å². The Morgan fingerprint density at radius 2 is 2.00 bits per heavy atom. The topological polar surface area (TPSA) is 9.23 Å². The lowest BCUT2D eigenvalue weighted by atomic mass is 10.3. The van der Waals surface area contributed by atoms with E-state index in [0.29, 0.717) is 0 Å². The predicted molar refractivity (Wildman–Crippen MR) is 50.2 cm³/mol.